The van der Waals surface area contributed by atoms with Gasteiger partial charge in [-0.2, -0.15) is 0 Å². The number of esters is 1. The number of methoxy groups -OCH3 is 2. The van der Waals surface area contributed by atoms with Gasteiger partial charge in [0.2, 0.25) is 0 Å². The molecule has 2 aromatic carbocycles. The Morgan fingerprint density at radius 3 is 2.60 bits per heavy atom. The van der Waals surface area contributed by atoms with Crippen molar-refractivity contribution in [2.45, 2.75) is 23.8 Å². The van der Waals surface area contributed by atoms with Gasteiger partial charge in [-0.1, -0.05) is 36.0 Å². The van der Waals surface area contributed by atoms with Gasteiger partial charge in [0.1, 0.15) is 11.6 Å². The van der Waals surface area contributed by atoms with Crippen molar-refractivity contribution < 1.29 is 19.2 Å². The van der Waals surface area contributed by atoms with Crippen molar-refractivity contribution in [1.82, 2.24) is 9.97 Å². The summed E-state index contributed by atoms with van der Waals surface area (Å²) in [4.78, 5) is 43.8. The highest BCUT2D eigenvalue weighted by Crippen LogP contribution is 2.41. The maximum absolute atomic E-state index is 13.3. The number of nitro benzene ring substituents is 1. The van der Waals surface area contributed by atoms with Gasteiger partial charge in [-0.15, -0.1) is 0 Å². The van der Waals surface area contributed by atoms with Crippen LogP contribution in [-0.4, -0.2) is 35.1 Å². The Hall–Kier alpha value is -4.12. The lowest BCUT2D eigenvalue weighted by Gasteiger charge is -2.28. The van der Waals surface area contributed by atoms with Crippen LogP contribution >= 0.6 is 11.8 Å². The molecule has 35 heavy (non-hydrogen) atoms. The highest BCUT2D eigenvalue weighted by molar-refractivity contribution is 7.98. The first-order chi connectivity index (χ1) is 16.8. The van der Waals surface area contributed by atoms with E-state index in [-0.39, 0.29) is 5.69 Å². The van der Waals surface area contributed by atoms with Gasteiger partial charge in [-0.3, -0.25) is 14.9 Å². The van der Waals surface area contributed by atoms with E-state index in [4.69, 9.17) is 9.47 Å². The van der Waals surface area contributed by atoms with Crippen molar-refractivity contribution in [3.8, 4) is 5.75 Å². The zero-order valence-corrected chi connectivity index (χ0v) is 20.0. The lowest BCUT2D eigenvalue weighted by Crippen LogP contribution is -2.31. The molecule has 0 spiro atoms. The van der Waals surface area contributed by atoms with Gasteiger partial charge in [0.25, 0.3) is 11.2 Å². The molecule has 0 bridgehead atoms. The van der Waals surface area contributed by atoms with E-state index in [2.05, 4.69) is 15.3 Å². The van der Waals surface area contributed by atoms with E-state index in [0.29, 0.717) is 44.9 Å². The summed E-state index contributed by atoms with van der Waals surface area (Å²) in [7, 11) is 2.84. The second kappa shape index (κ2) is 10.0. The fraction of sp³-hybridized carbons (Fsp3) is 0.208. The number of carbonyl (C=O) groups excluding carboxylic acids is 1. The van der Waals surface area contributed by atoms with Gasteiger partial charge < -0.3 is 19.8 Å². The molecule has 2 N–H and O–H groups in total. The van der Waals surface area contributed by atoms with E-state index >= 15 is 0 Å². The van der Waals surface area contributed by atoms with E-state index in [1.54, 1.807) is 44.4 Å². The van der Waals surface area contributed by atoms with Crippen LogP contribution < -0.4 is 15.6 Å². The van der Waals surface area contributed by atoms with Crippen LogP contribution in [0.3, 0.4) is 0 Å². The van der Waals surface area contributed by atoms with Crippen LogP contribution in [0.5, 0.6) is 5.75 Å². The van der Waals surface area contributed by atoms with Crippen molar-refractivity contribution in [2.75, 3.05) is 19.5 Å². The first-order valence-corrected chi connectivity index (χ1v) is 11.5. The number of rotatable bonds is 7. The number of H-pyrrole nitrogens is 1. The van der Waals surface area contributed by atoms with Gasteiger partial charge in [0.15, 0.2) is 5.16 Å². The first-order valence-electron chi connectivity index (χ1n) is 10.5. The number of allylic oxidation sites excluding steroid dienone is 1. The standard InChI is InChI=1S/C24H22N4O6S/c1-13-18(23(30)34-3)19(15-5-4-6-17(11-15)33-2)20-21(25-13)26-24(27-22(20)29)35-12-14-7-9-16(10-8-14)28(31)32/h4-11,19H,12H2,1-3H3,(H2,25,26,27,29). The monoisotopic (exact) mass is 494 g/mol. The van der Waals surface area contributed by atoms with E-state index in [1.807, 2.05) is 6.07 Å². The highest BCUT2D eigenvalue weighted by atomic mass is 32.2. The van der Waals surface area contributed by atoms with Gasteiger partial charge >= 0.3 is 5.97 Å². The second-order valence-electron chi connectivity index (χ2n) is 7.71. The SMILES string of the molecule is COC(=O)C1=C(C)Nc2nc(SCc3ccc([N+](=O)[O-])cc3)[nH]c(=O)c2C1c1cccc(OC)c1. The lowest BCUT2D eigenvalue weighted by molar-refractivity contribution is -0.384. The molecule has 180 valence electrons. The number of benzene rings is 2. The molecule has 0 fully saturated rings. The summed E-state index contributed by atoms with van der Waals surface area (Å²) < 4.78 is 10.3. The summed E-state index contributed by atoms with van der Waals surface area (Å²) in [5.41, 5.74) is 2.28. The number of hydrogen-bond donors (Lipinski definition) is 2. The average Bonchev–Trinajstić information content (AvgIpc) is 2.86. The highest BCUT2D eigenvalue weighted by Gasteiger charge is 2.36. The minimum atomic E-state index is -0.709. The van der Waals surface area contributed by atoms with E-state index in [1.165, 1.54) is 31.0 Å². The summed E-state index contributed by atoms with van der Waals surface area (Å²) in [6.07, 6.45) is 0. The van der Waals surface area contributed by atoms with Crippen LogP contribution in [0.4, 0.5) is 11.5 Å². The molecule has 0 aliphatic carbocycles. The van der Waals surface area contributed by atoms with E-state index in [0.717, 1.165) is 5.56 Å². The zero-order chi connectivity index (χ0) is 25.1. The van der Waals surface area contributed by atoms with Crippen molar-refractivity contribution in [1.29, 1.82) is 0 Å². The number of hydrogen-bond acceptors (Lipinski definition) is 9. The summed E-state index contributed by atoms with van der Waals surface area (Å²) in [5, 5.41) is 14.3. The molecule has 10 nitrogen and oxygen atoms in total. The Labute approximate surface area is 204 Å². The molecule has 1 aromatic heterocycles. The molecule has 0 saturated heterocycles. The molecular weight excluding hydrogens is 472 g/mol. The number of carbonyl (C=O) groups is 1. The van der Waals surface area contributed by atoms with E-state index in [9.17, 15) is 19.7 Å². The van der Waals surface area contributed by atoms with Crippen LogP contribution in [0.2, 0.25) is 0 Å². The number of fused-ring (bicyclic) bond motifs is 1. The Morgan fingerprint density at radius 1 is 1.20 bits per heavy atom. The smallest absolute Gasteiger partial charge is 0.336 e. The topological polar surface area (TPSA) is 136 Å². The van der Waals surface area contributed by atoms with Crippen LogP contribution in [0.1, 0.15) is 29.5 Å². The number of ether oxygens (including phenoxy) is 2. The largest absolute Gasteiger partial charge is 0.497 e. The predicted octanol–water partition coefficient (Wildman–Crippen LogP) is 3.98. The third-order valence-corrected chi connectivity index (χ3v) is 6.52. The quantitative estimate of drug-likeness (QED) is 0.164. The summed E-state index contributed by atoms with van der Waals surface area (Å²) in [6.45, 7) is 1.73. The second-order valence-corrected chi connectivity index (χ2v) is 8.67. The number of thioether (sulfide) groups is 1. The molecule has 11 heteroatoms. The van der Waals surface area contributed by atoms with Crippen LogP contribution in [0.15, 0.2) is 69.8 Å². The number of aromatic nitrogens is 2. The minimum absolute atomic E-state index is 0.00974. The molecule has 2 heterocycles. The fourth-order valence-corrected chi connectivity index (χ4v) is 4.72. The van der Waals surface area contributed by atoms with Crippen molar-refractivity contribution >= 4 is 29.2 Å². The average molecular weight is 495 g/mol. The van der Waals surface area contributed by atoms with Gasteiger partial charge in [0.05, 0.1) is 36.2 Å². The third-order valence-electron chi connectivity index (χ3n) is 5.58. The number of nitrogens with one attached hydrogen (secondary N) is 2. The van der Waals surface area contributed by atoms with Crippen molar-refractivity contribution in [3.63, 3.8) is 0 Å². The molecule has 0 saturated carbocycles. The van der Waals surface area contributed by atoms with Gasteiger partial charge in [-0.25, -0.2) is 9.78 Å². The number of aromatic amines is 1. The molecule has 3 aromatic rings. The fourth-order valence-electron chi connectivity index (χ4n) is 3.90. The maximum atomic E-state index is 13.3. The van der Waals surface area contributed by atoms with Crippen LogP contribution in [0.25, 0.3) is 0 Å². The van der Waals surface area contributed by atoms with Crippen LogP contribution in [0, 0.1) is 10.1 Å². The van der Waals surface area contributed by atoms with Crippen molar-refractivity contribution in [3.05, 3.63) is 97.0 Å². The minimum Gasteiger partial charge on any atom is -0.497 e. The molecule has 4 rings (SSSR count). The van der Waals surface area contributed by atoms with Crippen LogP contribution in [-0.2, 0) is 15.3 Å². The molecule has 1 atom stereocenters. The maximum Gasteiger partial charge on any atom is 0.336 e. The van der Waals surface area contributed by atoms with E-state index < -0.39 is 22.4 Å². The lowest BCUT2D eigenvalue weighted by atomic mass is 9.82. The number of non-ortho nitro benzene ring substituents is 1. The normalized spacial score (nSPS) is 14.7. The molecule has 1 aliphatic rings. The molecular formula is C24H22N4O6S. The molecule has 0 amide bonds. The molecule has 0 radical (unpaired) electrons. The third kappa shape index (κ3) is 4.90. The summed E-state index contributed by atoms with van der Waals surface area (Å²) in [5.74, 6) is 0.117. The van der Waals surface area contributed by atoms with Gasteiger partial charge in [0, 0.05) is 23.6 Å². The Kier molecular flexibility index (Phi) is 6.87. The molecule has 1 unspecified atom stereocenters. The first kappa shape index (κ1) is 24.0. The van der Waals surface area contributed by atoms with Gasteiger partial charge in [-0.05, 0) is 30.2 Å². The molecule has 1 aliphatic heterocycles. The Balaban J connectivity index is 1.71. The summed E-state index contributed by atoms with van der Waals surface area (Å²) >= 11 is 1.29. The Bertz CT molecular complexity index is 1380. The number of anilines is 1. The summed E-state index contributed by atoms with van der Waals surface area (Å²) in [6, 6.07) is 13.3. The predicted molar refractivity (Wildman–Crippen MR) is 131 cm³/mol. The number of nitrogens with zero attached hydrogens (tertiary/aromatic N) is 2. The van der Waals surface area contributed by atoms with Crippen molar-refractivity contribution in [2.24, 2.45) is 0 Å². The Morgan fingerprint density at radius 2 is 1.94 bits per heavy atom. The number of nitro groups is 1. The zero-order valence-electron chi connectivity index (χ0n) is 19.2.